The van der Waals surface area contributed by atoms with Gasteiger partial charge in [-0.15, -0.1) is 0 Å². The average Bonchev–Trinajstić information content (AvgIpc) is 2.72. The molecule has 2 rings (SSSR count). The normalized spacial score (nSPS) is 13.7. The van der Waals surface area contributed by atoms with Gasteiger partial charge in [-0.1, -0.05) is 12.1 Å². The van der Waals surface area contributed by atoms with Gasteiger partial charge in [-0.25, -0.2) is 17.6 Å². The molecule has 2 atom stereocenters. The minimum Gasteiger partial charge on any atom is -0.464 e. The molecule has 2 unspecified atom stereocenters. The van der Waals surface area contributed by atoms with Crippen LogP contribution in [0.1, 0.15) is 29.8 Å². The molecular weight excluding hydrogens is 472 g/mol. The van der Waals surface area contributed by atoms with Crippen LogP contribution in [0, 0.1) is 5.82 Å². The van der Waals surface area contributed by atoms with E-state index in [9.17, 15) is 40.7 Å². The van der Waals surface area contributed by atoms with Gasteiger partial charge in [0.15, 0.2) is 6.04 Å². The van der Waals surface area contributed by atoms with Crippen LogP contribution in [-0.2, 0) is 25.7 Å². The fourth-order valence-electron chi connectivity index (χ4n) is 2.73. The largest absolute Gasteiger partial charge is 0.464 e. The maximum atomic E-state index is 13.5. The number of benzene rings is 2. The lowest BCUT2D eigenvalue weighted by Gasteiger charge is -2.20. The van der Waals surface area contributed by atoms with Gasteiger partial charge >= 0.3 is 12.1 Å². The van der Waals surface area contributed by atoms with Crippen molar-refractivity contribution in [2.75, 3.05) is 11.3 Å². The molecule has 0 aliphatic rings. The van der Waals surface area contributed by atoms with Crippen molar-refractivity contribution in [2.24, 2.45) is 0 Å². The molecule has 0 aromatic heterocycles. The van der Waals surface area contributed by atoms with Gasteiger partial charge in [-0.05, 0) is 44.2 Å². The maximum absolute atomic E-state index is 13.5. The number of aliphatic hydroxyl groups is 1. The summed E-state index contributed by atoms with van der Waals surface area (Å²) in [6, 6.07) is 4.69. The number of sulfonamides is 1. The van der Waals surface area contributed by atoms with Gasteiger partial charge in [0.25, 0.3) is 15.9 Å². The van der Waals surface area contributed by atoms with Gasteiger partial charge < -0.3 is 15.2 Å². The molecule has 1 amide bonds. The number of rotatable bonds is 8. The molecule has 13 heteroatoms. The van der Waals surface area contributed by atoms with E-state index in [0.29, 0.717) is 6.07 Å². The van der Waals surface area contributed by atoms with Gasteiger partial charge in [0, 0.05) is 5.69 Å². The monoisotopic (exact) mass is 492 g/mol. The SMILES string of the molecule is CCOC(=O)C(NC(=O)c1ccccc1S(=O)(=O)Nc1ccc(F)c(C(F)(F)F)c1)C(C)O. The summed E-state index contributed by atoms with van der Waals surface area (Å²) < 4.78 is 84.6. The fraction of sp³-hybridized carbons (Fsp3) is 0.300. The second kappa shape index (κ2) is 10.2. The van der Waals surface area contributed by atoms with Gasteiger partial charge in [-0.2, -0.15) is 13.2 Å². The van der Waals surface area contributed by atoms with Crippen molar-refractivity contribution in [3.63, 3.8) is 0 Å². The predicted octanol–water partition coefficient (Wildman–Crippen LogP) is 2.69. The molecule has 0 saturated heterocycles. The number of alkyl halides is 3. The number of ether oxygens (including phenoxy) is 1. The molecular formula is C20H20F4N2O6S. The molecule has 0 radical (unpaired) electrons. The van der Waals surface area contributed by atoms with Crippen molar-refractivity contribution in [1.29, 1.82) is 0 Å². The summed E-state index contributed by atoms with van der Waals surface area (Å²) in [5.41, 5.74) is -2.73. The minimum atomic E-state index is -5.06. The van der Waals surface area contributed by atoms with Crippen LogP contribution in [0.5, 0.6) is 0 Å². The number of anilines is 1. The summed E-state index contributed by atoms with van der Waals surface area (Å²) >= 11 is 0. The number of nitrogens with one attached hydrogen (secondary N) is 2. The third kappa shape index (κ3) is 6.42. The number of hydrogen-bond acceptors (Lipinski definition) is 6. The highest BCUT2D eigenvalue weighted by Gasteiger charge is 2.35. The van der Waals surface area contributed by atoms with Crippen molar-refractivity contribution in [2.45, 2.75) is 37.1 Å². The molecule has 8 nitrogen and oxygen atoms in total. The zero-order chi connectivity index (χ0) is 25.0. The summed E-state index contributed by atoms with van der Waals surface area (Å²) in [5.74, 6) is -3.61. The number of esters is 1. The van der Waals surface area contributed by atoms with Crippen LogP contribution in [0.15, 0.2) is 47.4 Å². The van der Waals surface area contributed by atoms with Crippen molar-refractivity contribution in [3.8, 4) is 0 Å². The van der Waals surface area contributed by atoms with E-state index in [1.165, 1.54) is 26.0 Å². The zero-order valence-corrected chi connectivity index (χ0v) is 18.1. The summed E-state index contributed by atoms with van der Waals surface area (Å²) in [4.78, 5) is 24.0. The van der Waals surface area contributed by atoms with Gasteiger partial charge in [-0.3, -0.25) is 9.52 Å². The number of halogens is 4. The first-order chi connectivity index (χ1) is 15.3. The van der Waals surface area contributed by atoms with Crippen LogP contribution in [0.2, 0.25) is 0 Å². The Morgan fingerprint density at radius 3 is 2.36 bits per heavy atom. The Balaban J connectivity index is 2.39. The van der Waals surface area contributed by atoms with Crippen molar-refractivity contribution >= 4 is 27.6 Å². The molecule has 2 aromatic rings. The number of amides is 1. The molecule has 3 N–H and O–H groups in total. The molecule has 0 aliphatic carbocycles. The van der Waals surface area contributed by atoms with Gasteiger partial charge in [0.1, 0.15) is 10.7 Å². The molecule has 0 aliphatic heterocycles. The first kappa shape index (κ1) is 26.1. The van der Waals surface area contributed by atoms with Crippen LogP contribution in [0.4, 0.5) is 23.2 Å². The van der Waals surface area contributed by atoms with Gasteiger partial charge in [0.2, 0.25) is 0 Å². The topological polar surface area (TPSA) is 122 Å². The van der Waals surface area contributed by atoms with Crippen LogP contribution in [0.25, 0.3) is 0 Å². The Morgan fingerprint density at radius 2 is 1.79 bits per heavy atom. The Bertz CT molecular complexity index is 1140. The smallest absolute Gasteiger partial charge is 0.419 e. The van der Waals surface area contributed by atoms with E-state index >= 15 is 0 Å². The second-order valence-corrected chi connectivity index (χ2v) is 8.39. The van der Waals surface area contributed by atoms with Crippen LogP contribution in [-0.4, -0.2) is 44.2 Å². The first-order valence-electron chi connectivity index (χ1n) is 9.42. The highest BCUT2D eigenvalue weighted by Crippen LogP contribution is 2.33. The highest BCUT2D eigenvalue weighted by molar-refractivity contribution is 7.92. The van der Waals surface area contributed by atoms with E-state index in [4.69, 9.17) is 4.74 Å². The van der Waals surface area contributed by atoms with Crippen molar-refractivity contribution in [1.82, 2.24) is 5.32 Å². The lowest BCUT2D eigenvalue weighted by Crippen LogP contribution is -2.48. The Labute approximate surface area is 186 Å². The molecule has 180 valence electrons. The summed E-state index contributed by atoms with van der Waals surface area (Å²) in [6.45, 7) is 2.68. The van der Waals surface area contributed by atoms with E-state index < -0.39 is 67.7 Å². The molecule has 33 heavy (non-hydrogen) atoms. The molecule has 0 spiro atoms. The Morgan fingerprint density at radius 1 is 1.15 bits per heavy atom. The van der Waals surface area contributed by atoms with Crippen molar-refractivity contribution in [3.05, 3.63) is 59.4 Å². The number of carbonyl (C=O) groups excluding carboxylic acids is 2. The highest BCUT2D eigenvalue weighted by atomic mass is 32.2. The van der Waals surface area contributed by atoms with E-state index in [2.05, 4.69) is 5.32 Å². The van der Waals surface area contributed by atoms with E-state index in [0.717, 1.165) is 18.2 Å². The molecule has 0 saturated carbocycles. The first-order valence-corrected chi connectivity index (χ1v) is 10.9. The quantitative estimate of drug-likeness (QED) is 0.385. The maximum Gasteiger partial charge on any atom is 0.419 e. The minimum absolute atomic E-state index is 0.0373. The summed E-state index contributed by atoms with van der Waals surface area (Å²) in [7, 11) is -4.63. The van der Waals surface area contributed by atoms with Crippen molar-refractivity contribution < 1.29 is 45.4 Å². The lowest BCUT2D eigenvalue weighted by atomic mass is 10.1. The zero-order valence-electron chi connectivity index (χ0n) is 17.3. The summed E-state index contributed by atoms with van der Waals surface area (Å²) in [5, 5.41) is 12.0. The van der Waals surface area contributed by atoms with E-state index in [1.54, 1.807) is 0 Å². The third-order valence-electron chi connectivity index (χ3n) is 4.25. The standard InChI is InChI=1S/C20H20F4N2O6S/c1-3-32-19(29)17(11(2)27)25-18(28)13-6-4-5-7-16(13)33(30,31)26-12-8-9-15(21)14(10-12)20(22,23)24/h4-11,17,26-27H,3H2,1-2H3,(H,25,28). The van der Waals surface area contributed by atoms with Crippen LogP contribution >= 0.6 is 0 Å². The number of carbonyl (C=O) groups is 2. The Kier molecular flexibility index (Phi) is 8.03. The predicted molar refractivity (Wildman–Crippen MR) is 108 cm³/mol. The lowest BCUT2D eigenvalue weighted by molar-refractivity contribution is -0.148. The van der Waals surface area contributed by atoms with Crippen LogP contribution < -0.4 is 10.0 Å². The fourth-order valence-corrected chi connectivity index (χ4v) is 3.99. The number of hydrogen-bond donors (Lipinski definition) is 3. The molecule has 0 heterocycles. The second-order valence-electron chi connectivity index (χ2n) is 6.74. The summed E-state index contributed by atoms with van der Waals surface area (Å²) in [6.07, 6.45) is -6.44. The Hall–Kier alpha value is -3.19. The van der Waals surface area contributed by atoms with Gasteiger partial charge in [0.05, 0.1) is 23.8 Å². The van der Waals surface area contributed by atoms with E-state index in [1.807, 2.05) is 4.72 Å². The molecule has 0 fully saturated rings. The average molecular weight is 492 g/mol. The van der Waals surface area contributed by atoms with E-state index in [-0.39, 0.29) is 12.7 Å². The number of aliphatic hydroxyl groups excluding tert-OH is 1. The molecule has 2 aromatic carbocycles. The molecule has 0 bridgehead atoms. The third-order valence-corrected chi connectivity index (χ3v) is 5.69. The van der Waals surface area contributed by atoms with Crippen LogP contribution in [0.3, 0.4) is 0 Å².